The number of nitrogens with zero attached hydrogens (tertiary/aromatic N) is 4. The molecule has 0 aliphatic rings. The van der Waals surface area contributed by atoms with Crippen molar-refractivity contribution in [3.63, 3.8) is 0 Å². The molecule has 0 saturated carbocycles. The van der Waals surface area contributed by atoms with E-state index in [9.17, 15) is 5.11 Å². The molecule has 40 heavy (non-hydrogen) atoms. The molecule has 6 heteroatoms. The molecule has 0 radical (unpaired) electrons. The summed E-state index contributed by atoms with van der Waals surface area (Å²) in [5.41, 5.74) is 7.63. The van der Waals surface area contributed by atoms with Crippen molar-refractivity contribution in [2.75, 3.05) is 0 Å². The fourth-order valence-corrected chi connectivity index (χ4v) is 4.89. The van der Waals surface area contributed by atoms with Crippen LogP contribution in [0.2, 0.25) is 0 Å². The van der Waals surface area contributed by atoms with Gasteiger partial charge in [0.05, 0.1) is 22.3 Å². The van der Waals surface area contributed by atoms with Crippen molar-refractivity contribution in [3.8, 4) is 39.5 Å². The fourth-order valence-electron chi connectivity index (χ4n) is 4.89. The minimum atomic E-state index is -0.232. The van der Waals surface area contributed by atoms with Gasteiger partial charge in [0.2, 0.25) is 0 Å². The maximum absolute atomic E-state index is 11.5. The molecule has 0 unspecified atom stereocenters. The molecule has 0 aliphatic heterocycles. The molecule has 2 heterocycles. The van der Waals surface area contributed by atoms with Gasteiger partial charge in [-0.25, -0.2) is 4.98 Å². The van der Waals surface area contributed by atoms with Gasteiger partial charge in [0.15, 0.2) is 0 Å². The predicted molar refractivity (Wildman–Crippen MR) is 159 cm³/mol. The van der Waals surface area contributed by atoms with Crippen molar-refractivity contribution < 1.29 is 26.2 Å². The Morgan fingerprint density at radius 2 is 1.50 bits per heavy atom. The van der Waals surface area contributed by atoms with Gasteiger partial charge >= 0.3 is 0 Å². The zero-order valence-corrected chi connectivity index (χ0v) is 26.2. The number of fused-ring (bicyclic) bond motifs is 1. The second-order valence-electron chi connectivity index (χ2n) is 12.1. The molecule has 0 spiro atoms. The van der Waals surface area contributed by atoms with Crippen molar-refractivity contribution in [1.82, 2.24) is 14.5 Å². The predicted octanol–water partition coefficient (Wildman–Crippen LogP) is 8.62. The topological polar surface area (TPSA) is 55.3 Å². The first-order valence-electron chi connectivity index (χ1n) is 13.1. The molecule has 3 aromatic carbocycles. The normalized spacial score (nSPS) is 11.8. The van der Waals surface area contributed by atoms with Crippen molar-refractivity contribution >= 4 is 16.9 Å². The third-order valence-corrected chi connectivity index (χ3v) is 7.15. The summed E-state index contributed by atoms with van der Waals surface area (Å²) < 4.78 is 2.05. The van der Waals surface area contributed by atoms with Crippen molar-refractivity contribution in [1.29, 1.82) is 0 Å². The number of rotatable bonds is 3. The number of para-hydroxylation sites is 1. The zero-order valence-electron chi connectivity index (χ0n) is 23.9. The third-order valence-electron chi connectivity index (χ3n) is 7.15. The quantitative estimate of drug-likeness (QED) is 0.191. The maximum atomic E-state index is 11.5. The molecule has 2 aromatic heterocycles. The Kier molecular flexibility index (Phi) is 7.81. The Labute approximate surface area is 251 Å². The van der Waals surface area contributed by atoms with Crippen LogP contribution in [0.25, 0.3) is 49.7 Å². The number of aryl methyl sites for hydroxylation is 1. The summed E-state index contributed by atoms with van der Waals surface area (Å²) in [6.45, 7) is 20.2. The molecule has 5 rings (SSSR count). The van der Waals surface area contributed by atoms with Crippen LogP contribution in [0.5, 0.6) is 5.75 Å². The van der Waals surface area contributed by atoms with Crippen LogP contribution in [0.15, 0.2) is 66.7 Å². The average Bonchev–Trinajstić information content (AvgIpc) is 3.23. The summed E-state index contributed by atoms with van der Waals surface area (Å²) in [4.78, 5) is 13.0. The van der Waals surface area contributed by atoms with Crippen LogP contribution in [0.1, 0.15) is 52.7 Å². The van der Waals surface area contributed by atoms with E-state index in [1.807, 2.05) is 49.5 Å². The van der Waals surface area contributed by atoms with Crippen LogP contribution in [0.4, 0.5) is 5.82 Å². The summed E-state index contributed by atoms with van der Waals surface area (Å²) >= 11 is 0. The second-order valence-corrected chi connectivity index (χ2v) is 12.1. The minimum Gasteiger partial charge on any atom is -0.507 e. The minimum absolute atomic E-state index is 0. The Hall–Kier alpha value is -3.74. The van der Waals surface area contributed by atoms with Crippen molar-refractivity contribution in [2.45, 2.75) is 52.4 Å². The molecule has 0 amide bonds. The zero-order chi connectivity index (χ0) is 28.1. The molecule has 5 nitrogen and oxygen atoms in total. The van der Waals surface area contributed by atoms with Crippen LogP contribution in [-0.4, -0.2) is 19.6 Å². The Bertz CT molecular complexity index is 1760. The number of hydrogen-bond donors (Lipinski definition) is 1. The van der Waals surface area contributed by atoms with Gasteiger partial charge in [-0.1, -0.05) is 83.5 Å². The van der Waals surface area contributed by atoms with Crippen LogP contribution in [0, 0.1) is 12.6 Å². The molecule has 5 aromatic rings. The number of phenolic OH excluding ortho intramolecular Hbond substituents is 1. The van der Waals surface area contributed by atoms with Crippen molar-refractivity contribution in [2.24, 2.45) is 7.05 Å². The Balaban J connectivity index is 0.00000370. The monoisotopic (exact) mass is 708 g/mol. The van der Waals surface area contributed by atoms with E-state index >= 15 is 0 Å². The van der Waals surface area contributed by atoms with E-state index in [1.54, 1.807) is 6.07 Å². The van der Waals surface area contributed by atoms with Gasteiger partial charge in [-0.05, 0) is 40.7 Å². The molecule has 1 N–H and O–H groups in total. The van der Waals surface area contributed by atoms with Gasteiger partial charge in [0.1, 0.15) is 11.6 Å². The first kappa shape index (κ1) is 29.2. The fraction of sp³-hybridized carbons (Fsp3) is 0.265. The van der Waals surface area contributed by atoms with E-state index in [-0.39, 0.29) is 37.6 Å². The number of hydrogen-bond acceptors (Lipinski definition) is 3. The van der Waals surface area contributed by atoms with Crippen LogP contribution in [-0.2, 0) is 38.9 Å². The summed E-state index contributed by atoms with van der Waals surface area (Å²) in [5.74, 6) is 1.35. The molecular formula is C34H33N4OPt-. The third kappa shape index (κ3) is 5.34. The Morgan fingerprint density at radius 1 is 0.825 bits per heavy atom. The summed E-state index contributed by atoms with van der Waals surface area (Å²) in [5, 5.41) is 11.5. The van der Waals surface area contributed by atoms with Gasteiger partial charge in [-0.15, -0.1) is 29.8 Å². The van der Waals surface area contributed by atoms with Crippen molar-refractivity contribution in [3.05, 3.63) is 95.3 Å². The molecule has 0 saturated heterocycles. The number of imidazole rings is 1. The summed E-state index contributed by atoms with van der Waals surface area (Å²) in [6.07, 6.45) is 0. The van der Waals surface area contributed by atoms with E-state index in [0.29, 0.717) is 17.3 Å². The molecular weight excluding hydrogens is 675 g/mol. The van der Waals surface area contributed by atoms with E-state index in [2.05, 4.69) is 80.2 Å². The molecule has 0 atom stereocenters. The van der Waals surface area contributed by atoms with Gasteiger partial charge in [-0.2, -0.15) is 4.98 Å². The molecule has 0 fully saturated rings. The van der Waals surface area contributed by atoms with Crippen LogP contribution >= 0.6 is 0 Å². The average molecular weight is 709 g/mol. The summed E-state index contributed by atoms with van der Waals surface area (Å²) in [6, 6.07) is 25.2. The van der Waals surface area contributed by atoms with E-state index in [1.165, 1.54) is 0 Å². The first-order valence-corrected chi connectivity index (χ1v) is 13.1. The number of aromatic nitrogens is 3. The number of aromatic hydroxyl groups is 1. The van der Waals surface area contributed by atoms with Gasteiger partial charge < -0.3 is 14.5 Å². The smallest absolute Gasteiger partial charge is 0.262 e. The second kappa shape index (κ2) is 10.7. The molecule has 0 bridgehead atoms. The molecule has 206 valence electrons. The number of phenols is 1. The van der Waals surface area contributed by atoms with Gasteiger partial charge in [0, 0.05) is 33.7 Å². The van der Waals surface area contributed by atoms with E-state index in [0.717, 1.165) is 44.4 Å². The maximum Gasteiger partial charge on any atom is 0.262 e. The summed E-state index contributed by atoms with van der Waals surface area (Å²) in [7, 11) is 1.99. The largest absolute Gasteiger partial charge is 0.507 e. The SMILES string of the molecule is [C-]#[N+]c1cccc(-c2[c-]c(-c3cccc4c3nc(-c3cc(C(C)(C)C)cc(C(C)(C)C)c3O)n4C)ccc2)n1.[Pt]. The van der Waals surface area contributed by atoms with Crippen LogP contribution in [0.3, 0.4) is 0 Å². The van der Waals surface area contributed by atoms with E-state index < -0.39 is 0 Å². The standard InChI is InChI=1S/C34H33N4O.Pt/c1-33(2,3)23-19-25(31(39)26(20-23)34(4,5)6)32-37-30-24(14-10-16-28(30)38(32)8)21-12-9-13-22(18-21)27-15-11-17-29(35-7)36-27;/h9-17,19-20,39H,1-6,8H3;/q-1;. The van der Waals surface area contributed by atoms with Gasteiger partial charge in [0.25, 0.3) is 5.82 Å². The van der Waals surface area contributed by atoms with Crippen LogP contribution < -0.4 is 0 Å². The number of benzene rings is 3. The molecule has 0 aliphatic carbocycles. The number of pyridine rings is 1. The Morgan fingerprint density at radius 3 is 2.17 bits per heavy atom. The first-order chi connectivity index (χ1) is 18.4. The van der Waals surface area contributed by atoms with E-state index in [4.69, 9.17) is 11.6 Å². The van der Waals surface area contributed by atoms with Gasteiger partial charge in [-0.3, -0.25) is 0 Å².